The van der Waals surface area contributed by atoms with E-state index in [1.165, 1.54) is 25.3 Å². The summed E-state index contributed by atoms with van der Waals surface area (Å²) in [5, 5.41) is 23.2. The quantitative estimate of drug-likeness (QED) is 0.589. The first kappa shape index (κ1) is 15.7. The molecule has 0 fully saturated rings. The Kier molecular flexibility index (Phi) is 4.90. The highest BCUT2D eigenvalue weighted by Crippen LogP contribution is 2.33. The van der Waals surface area contributed by atoms with E-state index in [4.69, 9.17) is 4.74 Å². The van der Waals surface area contributed by atoms with Crippen molar-refractivity contribution in [1.82, 2.24) is 0 Å². The van der Waals surface area contributed by atoms with Crippen molar-refractivity contribution in [2.24, 2.45) is 0 Å². The van der Waals surface area contributed by atoms with Gasteiger partial charge in [0, 0.05) is 12.1 Å². The van der Waals surface area contributed by atoms with E-state index in [1.807, 2.05) is 0 Å². The Hall–Kier alpha value is -2.31. The van der Waals surface area contributed by atoms with E-state index in [1.54, 1.807) is 13.8 Å². The van der Waals surface area contributed by atoms with Gasteiger partial charge in [-0.2, -0.15) is 0 Å². The van der Waals surface area contributed by atoms with Crippen molar-refractivity contribution in [3.8, 4) is 5.75 Å². The number of carbonyl (C=O) groups is 1. The molecule has 0 aliphatic carbocycles. The highest BCUT2D eigenvalue weighted by atomic mass is 16.6. The second kappa shape index (κ2) is 6.23. The van der Waals surface area contributed by atoms with Gasteiger partial charge in [-0.25, -0.2) is 4.79 Å². The molecule has 0 aliphatic rings. The molecule has 0 spiro atoms. The summed E-state index contributed by atoms with van der Waals surface area (Å²) < 4.78 is 5.02. The molecule has 7 heteroatoms. The number of methoxy groups -OCH3 is 1. The van der Waals surface area contributed by atoms with Crippen molar-refractivity contribution < 1.29 is 19.6 Å². The fourth-order valence-corrected chi connectivity index (χ4v) is 1.94. The molecule has 110 valence electrons. The largest absolute Gasteiger partial charge is 0.497 e. The molecule has 0 radical (unpaired) electrons. The Balaban J connectivity index is 3.29. The van der Waals surface area contributed by atoms with Crippen LogP contribution in [0.2, 0.25) is 0 Å². The minimum atomic E-state index is -1.24. The van der Waals surface area contributed by atoms with Crippen LogP contribution in [0.5, 0.6) is 5.75 Å². The van der Waals surface area contributed by atoms with Crippen LogP contribution < -0.4 is 10.1 Å². The van der Waals surface area contributed by atoms with Gasteiger partial charge in [0.1, 0.15) is 17.0 Å². The molecule has 0 amide bonds. The van der Waals surface area contributed by atoms with E-state index < -0.39 is 16.4 Å². The summed E-state index contributed by atoms with van der Waals surface area (Å²) in [4.78, 5) is 21.9. The third-order valence-electron chi connectivity index (χ3n) is 3.39. The summed E-state index contributed by atoms with van der Waals surface area (Å²) in [6.45, 7) is 3.44. The third kappa shape index (κ3) is 2.98. The van der Waals surface area contributed by atoms with Gasteiger partial charge in [-0.05, 0) is 18.9 Å². The average molecular weight is 282 g/mol. The minimum absolute atomic E-state index is 0.139. The number of nitro groups is 1. The second-order valence-corrected chi connectivity index (χ2v) is 4.36. The first-order valence-corrected chi connectivity index (χ1v) is 6.24. The summed E-state index contributed by atoms with van der Waals surface area (Å²) in [5.41, 5.74) is -1.28. The normalized spacial score (nSPS) is 10.9. The fraction of sp³-hybridized carbons (Fsp3) is 0.462. The van der Waals surface area contributed by atoms with E-state index in [2.05, 4.69) is 5.32 Å². The van der Waals surface area contributed by atoms with Gasteiger partial charge in [0.25, 0.3) is 5.69 Å². The van der Waals surface area contributed by atoms with E-state index in [-0.39, 0.29) is 11.4 Å². The number of anilines is 1. The number of hydrogen-bond acceptors (Lipinski definition) is 5. The van der Waals surface area contributed by atoms with Gasteiger partial charge in [-0.15, -0.1) is 0 Å². The Morgan fingerprint density at radius 2 is 2.05 bits per heavy atom. The number of carboxylic acids is 1. The first-order chi connectivity index (χ1) is 9.40. The maximum absolute atomic E-state index is 11.5. The molecule has 1 rings (SSSR count). The monoisotopic (exact) mass is 282 g/mol. The molecule has 0 atom stereocenters. The van der Waals surface area contributed by atoms with Gasteiger partial charge in [-0.1, -0.05) is 13.8 Å². The van der Waals surface area contributed by atoms with E-state index >= 15 is 0 Å². The molecular formula is C13H18N2O5. The Morgan fingerprint density at radius 3 is 2.45 bits per heavy atom. The van der Waals surface area contributed by atoms with Crippen LogP contribution in [-0.2, 0) is 4.79 Å². The Morgan fingerprint density at radius 1 is 1.45 bits per heavy atom. The molecule has 0 saturated heterocycles. The number of ether oxygens (including phenoxy) is 1. The lowest BCUT2D eigenvalue weighted by molar-refractivity contribution is -0.384. The molecule has 7 nitrogen and oxygen atoms in total. The zero-order valence-electron chi connectivity index (χ0n) is 11.7. The lowest BCUT2D eigenvalue weighted by Gasteiger charge is -2.29. The molecule has 1 aromatic carbocycles. The zero-order valence-corrected chi connectivity index (χ0v) is 11.7. The average Bonchev–Trinajstić information content (AvgIpc) is 2.43. The Labute approximate surface area is 116 Å². The van der Waals surface area contributed by atoms with Crippen LogP contribution in [0.25, 0.3) is 0 Å². The molecule has 1 aromatic rings. The SMILES string of the molecule is CCC(CC)(Nc1cc(OC)ccc1[N+](=O)[O-])C(=O)O. The fourth-order valence-electron chi connectivity index (χ4n) is 1.94. The first-order valence-electron chi connectivity index (χ1n) is 6.24. The number of rotatable bonds is 7. The van der Waals surface area contributed by atoms with Gasteiger partial charge in [0.05, 0.1) is 12.0 Å². The van der Waals surface area contributed by atoms with Crippen LogP contribution in [0.15, 0.2) is 18.2 Å². The number of nitro benzene ring substituents is 1. The molecule has 2 N–H and O–H groups in total. The molecule has 20 heavy (non-hydrogen) atoms. The van der Waals surface area contributed by atoms with Crippen LogP contribution in [-0.4, -0.2) is 28.6 Å². The number of hydrogen-bond donors (Lipinski definition) is 2. The number of benzene rings is 1. The number of aliphatic carboxylic acids is 1. The molecule has 0 saturated carbocycles. The molecule has 0 bridgehead atoms. The maximum Gasteiger partial charge on any atom is 0.329 e. The Bertz CT molecular complexity index is 511. The predicted octanol–water partition coefficient (Wildman–Crippen LogP) is 2.66. The van der Waals surface area contributed by atoms with E-state index in [0.717, 1.165) is 0 Å². The summed E-state index contributed by atoms with van der Waals surface area (Å²) >= 11 is 0. The lowest BCUT2D eigenvalue weighted by atomic mass is 9.92. The lowest BCUT2D eigenvalue weighted by Crippen LogP contribution is -2.45. The summed E-state index contributed by atoms with van der Waals surface area (Å²) in [6.07, 6.45) is 0.598. The van der Waals surface area contributed by atoms with Crippen LogP contribution in [0.3, 0.4) is 0 Å². The molecule has 0 aromatic heterocycles. The van der Waals surface area contributed by atoms with Crippen LogP contribution in [0.1, 0.15) is 26.7 Å². The standard InChI is InChI=1S/C13H18N2O5/c1-4-13(5-2,12(16)17)14-10-8-9(20-3)6-7-11(10)15(18)19/h6-8,14H,4-5H2,1-3H3,(H,16,17). The van der Waals surface area contributed by atoms with Gasteiger partial charge in [-0.3, -0.25) is 10.1 Å². The van der Waals surface area contributed by atoms with Crippen LogP contribution >= 0.6 is 0 Å². The van der Waals surface area contributed by atoms with Gasteiger partial charge in [0.2, 0.25) is 0 Å². The van der Waals surface area contributed by atoms with E-state index in [9.17, 15) is 20.0 Å². The molecule has 0 aliphatic heterocycles. The van der Waals surface area contributed by atoms with E-state index in [0.29, 0.717) is 18.6 Å². The van der Waals surface area contributed by atoms with Crippen molar-refractivity contribution >= 4 is 17.3 Å². The smallest absolute Gasteiger partial charge is 0.329 e. The van der Waals surface area contributed by atoms with Gasteiger partial charge < -0.3 is 15.2 Å². The van der Waals surface area contributed by atoms with Crippen molar-refractivity contribution in [1.29, 1.82) is 0 Å². The van der Waals surface area contributed by atoms with Gasteiger partial charge >= 0.3 is 5.97 Å². The molecular weight excluding hydrogens is 264 g/mol. The molecule has 0 unspecified atom stereocenters. The minimum Gasteiger partial charge on any atom is -0.497 e. The zero-order chi connectivity index (χ0) is 15.3. The van der Waals surface area contributed by atoms with Crippen molar-refractivity contribution in [3.05, 3.63) is 28.3 Å². The third-order valence-corrected chi connectivity index (χ3v) is 3.39. The maximum atomic E-state index is 11.5. The van der Waals surface area contributed by atoms with Gasteiger partial charge in [0.15, 0.2) is 0 Å². The number of nitrogens with zero attached hydrogens (tertiary/aromatic N) is 1. The van der Waals surface area contributed by atoms with Crippen molar-refractivity contribution in [2.45, 2.75) is 32.2 Å². The second-order valence-electron chi connectivity index (χ2n) is 4.36. The van der Waals surface area contributed by atoms with Crippen LogP contribution in [0.4, 0.5) is 11.4 Å². The highest BCUT2D eigenvalue weighted by Gasteiger charge is 2.36. The highest BCUT2D eigenvalue weighted by molar-refractivity contribution is 5.84. The topological polar surface area (TPSA) is 102 Å². The summed E-state index contributed by atoms with van der Waals surface area (Å²) in [6, 6.07) is 4.18. The summed E-state index contributed by atoms with van der Waals surface area (Å²) in [5.74, 6) is -0.621. The van der Waals surface area contributed by atoms with Crippen molar-refractivity contribution in [2.75, 3.05) is 12.4 Å². The van der Waals surface area contributed by atoms with Crippen molar-refractivity contribution in [3.63, 3.8) is 0 Å². The van der Waals surface area contributed by atoms with Crippen LogP contribution in [0, 0.1) is 10.1 Å². The summed E-state index contributed by atoms with van der Waals surface area (Å²) in [7, 11) is 1.44. The predicted molar refractivity (Wildman–Crippen MR) is 74.2 cm³/mol. The number of carboxylic acid groups (broad SMARTS) is 1. The number of nitrogens with one attached hydrogen (secondary N) is 1. The molecule has 0 heterocycles.